The van der Waals surface area contributed by atoms with E-state index in [0.29, 0.717) is 0 Å². The van der Waals surface area contributed by atoms with Crippen LogP contribution in [0.15, 0.2) is 59.7 Å². The molecule has 0 spiro atoms. The minimum absolute atomic E-state index is 0.0488. The summed E-state index contributed by atoms with van der Waals surface area (Å²) in [4.78, 5) is 11.5. The van der Waals surface area contributed by atoms with Gasteiger partial charge in [0.2, 0.25) is 10.0 Å². The zero-order valence-corrected chi connectivity index (χ0v) is 14.2. The number of hydrogen-bond acceptors (Lipinski definition) is 4. The summed E-state index contributed by atoms with van der Waals surface area (Å²) in [5.74, 6) is -0.501. The average molecular weight is 335 g/mol. The van der Waals surface area contributed by atoms with Crippen molar-refractivity contribution in [2.24, 2.45) is 0 Å². The Balaban J connectivity index is 2.98. The lowest BCUT2D eigenvalue weighted by Gasteiger charge is -2.19. The van der Waals surface area contributed by atoms with Gasteiger partial charge in [0.25, 0.3) is 0 Å². The smallest absolute Gasteiger partial charge is 0.330 e. The molecule has 0 aliphatic heterocycles. The van der Waals surface area contributed by atoms with Crippen molar-refractivity contribution in [3.05, 3.63) is 60.4 Å². The quantitative estimate of drug-likeness (QED) is 0.416. The number of hydrogen-bond donors (Lipinski definition) is 0. The van der Waals surface area contributed by atoms with Crippen LogP contribution in [0.3, 0.4) is 0 Å². The van der Waals surface area contributed by atoms with E-state index in [1.54, 1.807) is 31.2 Å². The minimum atomic E-state index is -3.67. The maximum absolute atomic E-state index is 12.7. The molecule has 0 saturated carbocycles. The summed E-state index contributed by atoms with van der Waals surface area (Å²) < 4.78 is 31.3. The van der Waals surface area contributed by atoms with Crippen molar-refractivity contribution in [3.8, 4) is 0 Å². The Bertz CT molecular complexity index is 699. The summed E-state index contributed by atoms with van der Waals surface area (Å²) in [7, 11) is -3.67. The predicted octanol–water partition coefficient (Wildman–Crippen LogP) is 2.45. The maximum atomic E-state index is 12.7. The van der Waals surface area contributed by atoms with Crippen molar-refractivity contribution in [1.29, 1.82) is 0 Å². The number of carbonyl (C=O) groups excluding carboxylic acids is 1. The van der Waals surface area contributed by atoms with E-state index < -0.39 is 16.0 Å². The number of sulfonamides is 1. The molecule has 0 atom stereocenters. The van der Waals surface area contributed by atoms with E-state index in [0.717, 1.165) is 5.56 Å². The van der Waals surface area contributed by atoms with Gasteiger partial charge in [-0.15, -0.1) is 5.73 Å². The molecule has 0 amide bonds. The molecule has 0 radical (unpaired) electrons. The van der Waals surface area contributed by atoms with Gasteiger partial charge in [0.05, 0.1) is 11.5 Å². The van der Waals surface area contributed by atoms with E-state index in [-0.39, 0.29) is 24.6 Å². The SMILES string of the molecule is C=C=CCN(C/C=C/C(=O)OCC)S(=O)(=O)c1ccc(C)cc1. The highest BCUT2D eigenvalue weighted by Crippen LogP contribution is 2.16. The molecule has 1 rings (SSSR count). The summed E-state index contributed by atoms with van der Waals surface area (Å²) in [6.07, 6.45) is 4.20. The molecule has 0 unspecified atom stereocenters. The second kappa shape index (κ2) is 9.10. The molecule has 0 fully saturated rings. The highest BCUT2D eigenvalue weighted by molar-refractivity contribution is 7.89. The van der Waals surface area contributed by atoms with Crippen molar-refractivity contribution < 1.29 is 17.9 Å². The van der Waals surface area contributed by atoms with E-state index in [2.05, 4.69) is 12.3 Å². The first kappa shape index (κ1) is 18.9. The fourth-order valence-electron chi connectivity index (χ4n) is 1.75. The second-order valence-corrected chi connectivity index (χ2v) is 6.64. The number of carbonyl (C=O) groups is 1. The van der Waals surface area contributed by atoms with Gasteiger partial charge < -0.3 is 4.74 Å². The second-order valence-electron chi connectivity index (χ2n) is 4.70. The fourth-order valence-corrected chi connectivity index (χ4v) is 3.08. The van der Waals surface area contributed by atoms with Crippen molar-refractivity contribution in [2.45, 2.75) is 18.7 Å². The molecule has 0 aliphatic carbocycles. The molecule has 0 bridgehead atoms. The van der Waals surface area contributed by atoms with E-state index >= 15 is 0 Å². The molecule has 5 nitrogen and oxygen atoms in total. The van der Waals surface area contributed by atoms with Gasteiger partial charge in [0.1, 0.15) is 0 Å². The van der Waals surface area contributed by atoms with Gasteiger partial charge in [-0.05, 0) is 32.1 Å². The summed E-state index contributed by atoms with van der Waals surface area (Å²) in [5.41, 5.74) is 3.53. The predicted molar refractivity (Wildman–Crippen MR) is 89.4 cm³/mol. The Kier molecular flexibility index (Phi) is 7.48. The van der Waals surface area contributed by atoms with E-state index in [9.17, 15) is 13.2 Å². The van der Waals surface area contributed by atoms with Crippen LogP contribution >= 0.6 is 0 Å². The standard InChI is InChI=1S/C17H21NO4S/c1-4-6-13-18(14-7-8-17(19)22-5-2)23(20,21)16-11-9-15(3)10-12-16/h6-12H,1,5,13-14H2,2-3H3/b8-7+. The molecule has 0 heterocycles. The zero-order chi connectivity index (χ0) is 17.3. The van der Waals surface area contributed by atoms with E-state index in [1.165, 1.54) is 22.5 Å². The van der Waals surface area contributed by atoms with E-state index in [4.69, 9.17) is 4.74 Å². The third-order valence-corrected chi connectivity index (χ3v) is 4.79. The van der Waals surface area contributed by atoms with Gasteiger partial charge in [-0.3, -0.25) is 0 Å². The lowest BCUT2D eigenvalue weighted by molar-refractivity contribution is -0.137. The molecule has 124 valence electrons. The summed E-state index contributed by atoms with van der Waals surface area (Å²) >= 11 is 0. The lowest BCUT2D eigenvalue weighted by Crippen LogP contribution is -2.31. The molecule has 23 heavy (non-hydrogen) atoms. The van der Waals surface area contributed by atoms with Crippen LogP contribution in [-0.2, 0) is 19.6 Å². The van der Waals surface area contributed by atoms with Gasteiger partial charge in [-0.1, -0.05) is 30.4 Å². The van der Waals surface area contributed by atoms with Crippen LogP contribution in [0, 0.1) is 6.92 Å². The summed E-state index contributed by atoms with van der Waals surface area (Å²) in [6.45, 7) is 7.46. The lowest BCUT2D eigenvalue weighted by atomic mass is 10.2. The monoisotopic (exact) mass is 335 g/mol. The normalized spacial score (nSPS) is 11.4. The number of nitrogens with zero attached hydrogens (tertiary/aromatic N) is 1. The minimum Gasteiger partial charge on any atom is -0.463 e. The van der Waals surface area contributed by atoms with Crippen molar-refractivity contribution in [1.82, 2.24) is 4.31 Å². The van der Waals surface area contributed by atoms with Crippen LogP contribution < -0.4 is 0 Å². The Morgan fingerprint density at radius 2 is 1.96 bits per heavy atom. The number of rotatable bonds is 8. The highest BCUT2D eigenvalue weighted by Gasteiger charge is 2.22. The summed E-state index contributed by atoms with van der Waals surface area (Å²) in [6, 6.07) is 6.60. The van der Waals surface area contributed by atoms with Crippen LogP contribution in [0.2, 0.25) is 0 Å². The molecule has 0 aliphatic rings. The van der Waals surface area contributed by atoms with Crippen molar-refractivity contribution in [3.63, 3.8) is 0 Å². The van der Waals surface area contributed by atoms with Crippen LogP contribution in [0.4, 0.5) is 0 Å². The third-order valence-electron chi connectivity index (χ3n) is 2.95. The third kappa shape index (κ3) is 5.87. The molecule has 1 aromatic rings. The molecular formula is C17H21NO4S. The highest BCUT2D eigenvalue weighted by atomic mass is 32.2. The van der Waals surface area contributed by atoms with E-state index in [1.807, 2.05) is 6.92 Å². The number of benzene rings is 1. The molecule has 0 saturated heterocycles. The number of aryl methyl sites for hydroxylation is 1. The van der Waals surface area contributed by atoms with Gasteiger partial charge in [-0.25, -0.2) is 13.2 Å². The Hall–Kier alpha value is -2.14. The average Bonchev–Trinajstić information content (AvgIpc) is 2.51. The Morgan fingerprint density at radius 1 is 1.30 bits per heavy atom. The van der Waals surface area contributed by atoms with Crippen LogP contribution in [0.5, 0.6) is 0 Å². The first-order chi connectivity index (χ1) is 10.9. The van der Waals surface area contributed by atoms with Gasteiger partial charge in [0, 0.05) is 19.2 Å². The van der Waals surface area contributed by atoms with Gasteiger partial charge in [0.15, 0.2) is 0 Å². The van der Waals surface area contributed by atoms with Crippen molar-refractivity contribution in [2.75, 3.05) is 19.7 Å². The molecule has 0 aromatic heterocycles. The van der Waals surface area contributed by atoms with Crippen LogP contribution in [0.1, 0.15) is 12.5 Å². The van der Waals surface area contributed by atoms with Crippen molar-refractivity contribution >= 4 is 16.0 Å². The first-order valence-corrected chi connectivity index (χ1v) is 8.60. The largest absolute Gasteiger partial charge is 0.463 e. The van der Waals surface area contributed by atoms with Gasteiger partial charge >= 0.3 is 5.97 Å². The number of esters is 1. The molecule has 6 heteroatoms. The molecule has 1 aromatic carbocycles. The topological polar surface area (TPSA) is 63.7 Å². The fraction of sp³-hybridized carbons (Fsp3) is 0.294. The van der Waals surface area contributed by atoms with Crippen LogP contribution in [-0.4, -0.2) is 38.4 Å². The molecular weight excluding hydrogens is 314 g/mol. The summed E-state index contributed by atoms with van der Waals surface area (Å²) in [5, 5.41) is 0. The Morgan fingerprint density at radius 3 is 2.52 bits per heavy atom. The Labute approximate surface area is 137 Å². The molecule has 0 N–H and O–H groups in total. The van der Waals surface area contributed by atoms with Crippen LogP contribution in [0.25, 0.3) is 0 Å². The first-order valence-electron chi connectivity index (χ1n) is 7.16. The van der Waals surface area contributed by atoms with Gasteiger partial charge in [-0.2, -0.15) is 4.31 Å². The maximum Gasteiger partial charge on any atom is 0.330 e. The number of ether oxygens (including phenoxy) is 1. The zero-order valence-electron chi connectivity index (χ0n) is 13.4.